The van der Waals surface area contributed by atoms with Crippen LogP contribution < -0.4 is 37.9 Å². The maximum absolute atomic E-state index is 12.1. The van der Waals surface area contributed by atoms with E-state index < -0.39 is 0 Å². The first-order valence-corrected chi connectivity index (χ1v) is 43.0. The van der Waals surface area contributed by atoms with Gasteiger partial charge in [0.1, 0.15) is 92.0 Å². The van der Waals surface area contributed by atoms with Crippen LogP contribution in [-0.4, -0.2) is 141 Å². The van der Waals surface area contributed by atoms with E-state index in [1.807, 2.05) is 0 Å². The maximum atomic E-state index is 12.1. The highest BCUT2D eigenvalue weighted by Gasteiger charge is 2.29. The average molecular weight is 1700 g/mol. The summed E-state index contributed by atoms with van der Waals surface area (Å²) in [7, 11) is 0. The molecule has 112 heavy (non-hydrogen) atoms. The van der Waals surface area contributed by atoms with Gasteiger partial charge in [-0.1, -0.05) is 0 Å². The lowest BCUT2D eigenvalue weighted by Gasteiger charge is -2.23. The Morgan fingerprint density at radius 1 is 0.161 bits per heavy atom. The zero-order chi connectivity index (χ0) is 79.7. The molecule has 0 heterocycles. The minimum atomic E-state index is -0.0946. The topological polar surface area (TPSA) is 236 Å². The second kappa shape index (κ2) is 47.0. The van der Waals surface area contributed by atoms with Crippen LogP contribution in [-0.2, 0) is 51.4 Å². The molecule has 0 aliphatic heterocycles. The van der Waals surface area contributed by atoms with Crippen molar-refractivity contribution in [2.45, 2.75) is 154 Å². The smallest absolute Gasteiger partial charge is 0.126 e. The van der Waals surface area contributed by atoms with Crippen LogP contribution in [0.15, 0.2) is 97.1 Å². The maximum Gasteiger partial charge on any atom is 0.126 e. The van der Waals surface area contributed by atoms with Crippen LogP contribution in [0.1, 0.15) is 192 Å². The van der Waals surface area contributed by atoms with E-state index in [1.165, 1.54) is 0 Å². The number of rotatable bonds is 40. The lowest BCUT2D eigenvalue weighted by atomic mass is 9.90. The van der Waals surface area contributed by atoms with Crippen molar-refractivity contribution in [2.75, 3.05) is 99.9 Å². The molecule has 0 saturated carbocycles. The number of fused-ring (bicyclic) bond motifs is 16. The fraction of sp³-hybridized carbons (Fsp3) is 0.455. The molecule has 608 valence electrons. The van der Waals surface area contributed by atoms with Crippen molar-refractivity contribution in [1.29, 1.82) is 0 Å². The molecule has 0 atom stereocenters. The Labute approximate surface area is 698 Å². The number of hydrogen-bond acceptors (Lipinski definition) is 16. The lowest BCUT2D eigenvalue weighted by Crippen LogP contribution is -2.10. The number of phenolic OH excluding ortho intramolecular Hbond substituents is 8. The summed E-state index contributed by atoms with van der Waals surface area (Å²) in [6, 6.07) is 26.0. The number of unbranched alkanes of at least 4 members (excludes halogenated alkanes) is 8. The van der Waals surface area contributed by atoms with Crippen LogP contribution >= 0.6 is 92.8 Å². The largest absolute Gasteiger partial charge is 0.508 e. The highest BCUT2D eigenvalue weighted by atomic mass is 35.5. The molecule has 0 fully saturated rings. The molecular formula is C88H104Cl8O16. The summed E-state index contributed by atoms with van der Waals surface area (Å²) in [6.07, 6.45) is 10.3. The van der Waals surface area contributed by atoms with E-state index >= 15 is 0 Å². The molecule has 0 radical (unpaired) electrons. The third-order valence-electron chi connectivity index (χ3n) is 19.1. The summed E-state index contributed by atoms with van der Waals surface area (Å²) in [5.41, 5.74) is 8.59. The van der Waals surface area contributed by atoms with Crippen molar-refractivity contribution >= 4 is 92.8 Å². The summed E-state index contributed by atoms with van der Waals surface area (Å²) in [5, 5.41) is 96.5. The first-order valence-electron chi connectivity index (χ1n) is 38.8. The number of aromatic hydroxyl groups is 8. The molecule has 0 unspecified atom stereocenters. The molecule has 8 aromatic rings. The standard InChI is InChI=1S/C88H104Cl8O16/c89-17-1-9-25-105-81-57-33-59-43-74(98)45-61(82(59)106-26-10-2-18-90)35-63-47-76(100)49-65(84(63)108-28-12-4-20-92)37-67-51-78(102)53-69(86(67)110-30-14-6-22-94)39-71-55-80(104)56-72(88(71)112-32-16-8-24-96)40-70-54-79(103)52-68(87(70)111-31-15-7-23-95)38-66-50-77(101)48-64(85(66)109-29-13-5-21-93)36-62-46-75(99)44-60(34-58(81)42-73(97)41-57)83(62)107-27-11-3-19-91/h41-56,97-104H,1-40H2. The quantitative estimate of drug-likeness (QED) is 0.0132. The van der Waals surface area contributed by atoms with Crippen molar-refractivity contribution in [3.63, 3.8) is 0 Å². The zero-order valence-electron chi connectivity index (χ0n) is 63.4. The molecule has 0 amide bonds. The molecule has 8 aromatic carbocycles. The molecule has 16 nitrogen and oxygen atoms in total. The fourth-order valence-corrected chi connectivity index (χ4v) is 15.6. The average Bonchev–Trinajstić information content (AvgIpc) is 0.787. The number of halogens is 8. The van der Waals surface area contributed by atoms with E-state index in [9.17, 15) is 40.9 Å². The van der Waals surface area contributed by atoms with Gasteiger partial charge in [0.05, 0.1) is 52.9 Å². The molecule has 0 saturated heterocycles. The summed E-state index contributed by atoms with van der Waals surface area (Å²) in [5.74, 6) is 5.83. The highest BCUT2D eigenvalue weighted by Crippen LogP contribution is 2.47. The minimum absolute atomic E-state index is 0.0523. The summed E-state index contributed by atoms with van der Waals surface area (Å²) < 4.78 is 54.9. The summed E-state index contributed by atoms with van der Waals surface area (Å²) in [4.78, 5) is 0. The first kappa shape index (κ1) is 88.8. The zero-order valence-corrected chi connectivity index (χ0v) is 69.4. The second-order valence-electron chi connectivity index (χ2n) is 28.1. The SMILES string of the molecule is Oc1cc2c(OCCCCCl)c(c1)Cc1cc(O)cc(c1OCCCCCl)Cc1cc(O)cc(c1OCCCCCl)Cc1cc(O)cc(c1OCCCCCl)Cc1cc(O)cc(c1OCCCCCl)Cc1cc(O)cc(c1OCCCCCl)Cc1cc(O)cc(c1OCCCCCl)Cc1cc(O)cc(c1OCCCCCl)C2. The molecule has 8 N–H and O–H groups in total. The van der Waals surface area contributed by atoms with Crippen molar-refractivity contribution in [2.24, 2.45) is 0 Å². The minimum Gasteiger partial charge on any atom is -0.508 e. The monoisotopic (exact) mass is 1700 g/mol. The van der Waals surface area contributed by atoms with Crippen LogP contribution in [0.3, 0.4) is 0 Å². The van der Waals surface area contributed by atoms with Gasteiger partial charge in [0.2, 0.25) is 0 Å². The molecular weight excluding hydrogens is 1600 g/mol. The van der Waals surface area contributed by atoms with Gasteiger partial charge in [0.15, 0.2) is 0 Å². The Balaban J connectivity index is 1.35. The van der Waals surface area contributed by atoms with Gasteiger partial charge in [-0.15, -0.1) is 92.8 Å². The van der Waals surface area contributed by atoms with Gasteiger partial charge in [-0.05, 0) is 200 Å². The second-order valence-corrected chi connectivity index (χ2v) is 31.1. The van der Waals surface area contributed by atoms with Crippen LogP contribution in [0, 0.1) is 0 Å². The van der Waals surface area contributed by atoms with Crippen molar-refractivity contribution in [3.05, 3.63) is 186 Å². The van der Waals surface area contributed by atoms with E-state index in [0.717, 1.165) is 0 Å². The van der Waals surface area contributed by atoms with Gasteiger partial charge in [-0.25, -0.2) is 0 Å². The van der Waals surface area contributed by atoms with Gasteiger partial charge in [-0.2, -0.15) is 0 Å². The van der Waals surface area contributed by atoms with E-state index in [2.05, 4.69) is 0 Å². The number of hydrogen-bond donors (Lipinski definition) is 8. The molecule has 1 aliphatic rings. The van der Waals surface area contributed by atoms with Gasteiger partial charge in [0.25, 0.3) is 0 Å². The van der Waals surface area contributed by atoms with Gasteiger partial charge in [-0.3, -0.25) is 0 Å². The highest BCUT2D eigenvalue weighted by molar-refractivity contribution is 6.19. The van der Waals surface area contributed by atoms with Crippen LogP contribution in [0.4, 0.5) is 0 Å². The summed E-state index contributed by atoms with van der Waals surface area (Å²) in [6.45, 7) is 1.89. The Kier molecular flexibility index (Phi) is 37.3. The van der Waals surface area contributed by atoms with E-state index in [1.54, 1.807) is 97.1 Å². The van der Waals surface area contributed by atoms with Crippen LogP contribution in [0.2, 0.25) is 0 Å². The van der Waals surface area contributed by atoms with Crippen LogP contribution in [0.25, 0.3) is 0 Å². The lowest BCUT2D eigenvalue weighted by molar-refractivity contribution is 0.296. The Morgan fingerprint density at radius 3 is 0.330 bits per heavy atom. The third-order valence-corrected chi connectivity index (χ3v) is 21.2. The number of phenols is 8. The molecule has 1 aliphatic carbocycles. The third kappa shape index (κ3) is 26.5. The number of alkyl halides is 8. The van der Waals surface area contributed by atoms with E-state index in [4.69, 9.17) is 131 Å². The first-order chi connectivity index (χ1) is 54.5. The van der Waals surface area contributed by atoms with E-state index in [-0.39, 0.29) is 150 Å². The molecule has 24 heteroatoms. The van der Waals surface area contributed by atoms with Gasteiger partial charge < -0.3 is 78.7 Å². The Morgan fingerprint density at radius 2 is 0.250 bits per heavy atom. The predicted molar refractivity (Wildman–Crippen MR) is 451 cm³/mol. The summed E-state index contributed by atoms with van der Waals surface area (Å²) >= 11 is 50.2. The van der Waals surface area contributed by atoms with Crippen molar-refractivity contribution < 1.29 is 78.7 Å². The normalized spacial score (nSPS) is 12.4. The van der Waals surface area contributed by atoms with Crippen molar-refractivity contribution in [3.8, 4) is 92.0 Å². The fourth-order valence-electron chi connectivity index (χ4n) is 14.1. The molecule has 16 bridgehead atoms. The van der Waals surface area contributed by atoms with Gasteiger partial charge in [0, 0.05) is 187 Å². The predicted octanol–water partition coefficient (Wildman–Crippen LogP) is 21.6. The van der Waals surface area contributed by atoms with Gasteiger partial charge >= 0.3 is 0 Å². The Hall–Kier alpha value is -7.12. The molecule has 0 spiro atoms. The Bertz CT molecular complexity index is 3310. The van der Waals surface area contributed by atoms with Crippen LogP contribution in [0.5, 0.6) is 92.0 Å². The number of ether oxygens (including phenoxy) is 8. The molecule has 9 rings (SSSR count). The van der Waals surface area contributed by atoms with E-state index in [0.29, 0.717) is 285 Å². The van der Waals surface area contributed by atoms with Crippen molar-refractivity contribution in [1.82, 2.24) is 0 Å². The number of benzene rings is 8. The molecule has 0 aromatic heterocycles.